The van der Waals surface area contributed by atoms with Gasteiger partial charge < -0.3 is 10.2 Å². The van der Waals surface area contributed by atoms with E-state index in [1.807, 2.05) is 0 Å². The first-order valence-corrected chi connectivity index (χ1v) is 7.89. The third-order valence-corrected chi connectivity index (χ3v) is 4.67. The van der Waals surface area contributed by atoms with Crippen LogP contribution < -0.4 is 5.73 Å². The average Bonchev–Trinajstić information content (AvgIpc) is 2.53. The predicted octanol–water partition coefficient (Wildman–Crippen LogP) is 2.01. The summed E-state index contributed by atoms with van der Waals surface area (Å²) in [4.78, 5) is 0. The number of hydrogen-bond donors (Lipinski definition) is 1. The quantitative estimate of drug-likeness (QED) is 0.824. The van der Waals surface area contributed by atoms with Crippen LogP contribution in [0, 0.1) is 0 Å². The fourth-order valence-electron chi connectivity index (χ4n) is 2.90. The van der Waals surface area contributed by atoms with Crippen LogP contribution in [0.15, 0.2) is 60.7 Å². The first-order valence-electron chi connectivity index (χ1n) is 7.07. The van der Waals surface area contributed by atoms with Gasteiger partial charge in [-0.25, -0.2) is 0 Å². The average molecular weight is 285 g/mol. The normalized spacial score (nSPS) is 13.3. The smallest absolute Gasteiger partial charge is 0.146 e. The fourth-order valence-corrected chi connectivity index (χ4v) is 3.61. The van der Waals surface area contributed by atoms with Crippen molar-refractivity contribution in [2.24, 2.45) is 5.73 Å². The second kappa shape index (κ2) is 6.84. The maximum absolute atomic E-state index is 5.92. The van der Waals surface area contributed by atoms with E-state index in [9.17, 15) is 0 Å². The van der Waals surface area contributed by atoms with Gasteiger partial charge in [-0.15, -0.1) is 0 Å². The Balaban J connectivity index is 2.54. The molecule has 0 radical (unpaired) electrons. The highest BCUT2D eigenvalue weighted by Crippen LogP contribution is 2.37. The highest BCUT2D eigenvalue weighted by Gasteiger charge is 2.36. The Bertz CT molecular complexity index is 476. The van der Waals surface area contributed by atoms with Crippen LogP contribution in [0.2, 0.25) is 0 Å². The molecule has 2 rings (SSSR count). The van der Waals surface area contributed by atoms with Gasteiger partial charge in [0.2, 0.25) is 0 Å². The molecule has 0 heterocycles. The van der Waals surface area contributed by atoms with Crippen molar-refractivity contribution in [1.29, 1.82) is 0 Å². The molecule has 1 unspecified atom stereocenters. The van der Waals surface area contributed by atoms with Crippen molar-refractivity contribution in [3.8, 4) is 0 Å². The zero-order chi connectivity index (χ0) is 14.4. The van der Waals surface area contributed by atoms with Crippen molar-refractivity contribution in [3.63, 3.8) is 0 Å². The molecule has 2 aromatic rings. The minimum Gasteiger partial charge on any atom is -0.424 e. The molecule has 0 bridgehead atoms. The molecule has 2 nitrogen and oxygen atoms in total. The van der Waals surface area contributed by atoms with Crippen LogP contribution in [0.5, 0.6) is 0 Å². The summed E-state index contributed by atoms with van der Waals surface area (Å²) in [5.41, 5.74) is 8.19. The summed E-state index contributed by atoms with van der Waals surface area (Å²) >= 11 is 0. The molecule has 20 heavy (non-hydrogen) atoms. The molecule has 0 saturated heterocycles. The standard InChI is InChI=1S/C17H23NOSi/c1-17(16(19-20)12-13-18,14-8-4-2-5-9-14)15-10-6-3-7-11-15/h2-11,16H,12-13,18H2,1,20H3. The molecule has 0 aliphatic heterocycles. The van der Waals surface area contributed by atoms with Crippen LogP contribution in [0.4, 0.5) is 0 Å². The summed E-state index contributed by atoms with van der Waals surface area (Å²) in [6.07, 6.45) is 0.980. The second-order valence-corrected chi connectivity index (χ2v) is 5.71. The van der Waals surface area contributed by atoms with Crippen LogP contribution in [0.25, 0.3) is 0 Å². The molecule has 0 spiro atoms. The van der Waals surface area contributed by atoms with Gasteiger partial charge in [0.15, 0.2) is 0 Å². The summed E-state index contributed by atoms with van der Waals surface area (Å²) < 4.78 is 5.92. The first kappa shape index (κ1) is 15.0. The molecule has 0 fully saturated rings. The van der Waals surface area contributed by atoms with Crippen LogP contribution in [-0.2, 0) is 9.84 Å². The van der Waals surface area contributed by atoms with Crippen LogP contribution in [0.1, 0.15) is 24.5 Å². The summed E-state index contributed by atoms with van der Waals surface area (Å²) in [7, 11) is 0.714. The van der Waals surface area contributed by atoms with Crippen molar-refractivity contribution in [2.45, 2.75) is 24.9 Å². The lowest BCUT2D eigenvalue weighted by Crippen LogP contribution is -2.40. The SMILES string of the molecule is CC(c1ccccc1)(c1ccccc1)C(CCN)O[SiH3]. The molecular weight excluding hydrogens is 262 g/mol. The van der Waals surface area contributed by atoms with E-state index in [2.05, 4.69) is 67.6 Å². The van der Waals surface area contributed by atoms with Gasteiger partial charge in [0.05, 0.1) is 6.10 Å². The molecule has 0 amide bonds. The largest absolute Gasteiger partial charge is 0.424 e. The van der Waals surface area contributed by atoms with E-state index in [-0.39, 0.29) is 11.5 Å². The van der Waals surface area contributed by atoms with Crippen molar-refractivity contribution >= 4 is 10.5 Å². The summed E-state index contributed by atoms with van der Waals surface area (Å²) in [6, 6.07) is 21.2. The van der Waals surface area contributed by atoms with Gasteiger partial charge in [0.25, 0.3) is 0 Å². The topological polar surface area (TPSA) is 35.2 Å². The van der Waals surface area contributed by atoms with E-state index >= 15 is 0 Å². The first-order chi connectivity index (χ1) is 9.73. The molecular formula is C17H23NOSi. The van der Waals surface area contributed by atoms with Crippen molar-refractivity contribution in [2.75, 3.05) is 6.54 Å². The maximum atomic E-state index is 5.92. The van der Waals surface area contributed by atoms with E-state index in [4.69, 9.17) is 10.2 Å². The van der Waals surface area contributed by atoms with E-state index in [1.165, 1.54) is 11.1 Å². The molecule has 0 aliphatic rings. The molecule has 3 heteroatoms. The minimum atomic E-state index is -0.163. The summed E-state index contributed by atoms with van der Waals surface area (Å²) in [5, 5.41) is 0. The lowest BCUT2D eigenvalue weighted by atomic mass is 9.71. The Morgan fingerprint density at radius 2 is 1.45 bits per heavy atom. The Morgan fingerprint density at radius 3 is 1.80 bits per heavy atom. The van der Waals surface area contributed by atoms with E-state index < -0.39 is 0 Å². The Morgan fingerprint density at radius 1 is 1.00 bits per heavy atom. The van der Waals surface area contributed by atoms with Crippen LogP contribution in [0.3, 0.4) is 0 Å². The van der Waals surface area contributed by atoms with Crippen molar-refractivity contribution in [1.82, 2.24) is 0 Å². The monoisotopic (exact) mass is 285 g/mol. The van der Waals surface area contributed by atoms with Crippen LogP contribution >= 0.6 is 0 Å². The molecule has 1 atom stereocenters. The molecule has 0 aromatic heterocycles. The number of nitrogens with two attached hydrogens (primary N) is 1. The van der Waals surface area contributed by atoms with Gasteiger partial charge in [0.1, 0.15) is 10.5 Å². The van der Waals surface area contributed by atoms with Gasteiger partial charge in [-0.3, -0.25) is 0 Å². The summed E-state index contributed by atoms with van der Waals surface area (Å²) in [5.74, 6) is 0. The highest BCUT2D eigenvalue weighted by atomic mass is 28.2. The van der Waals surface area contributed by atoms with Crippen molar-refractivity contribution < 1.29 is 4.43 Å². The lowest BCUT2D eigenvalue weighted by molar-refractivity contribution is 0.143. The van der Waals surface area contributed by atoms with Gasteiger partial charge in [0, 0.05) is 5.41 Å². The highest BCUT2D eigenvalue weighted by molar-refractivity contribution is 5.98. The number of rotatable bonds is 6. The predicted molar refractivity (Wildman–Crippen MR) is 87.8 cm³/mol. The van der Waals surface area contributed by atoms with Gasteiger partial charge in [-0.2, -0.15) is 0 Å². The van der Waals surface area contributed by atoms with E-state index in [0.717, 1.165) is 6.42 Å². The molecule has 2 aromatic carbocycles. The Kier molecular flexibility index (Phi) is 5.12. The maximum Gasteiger partial charge on any atom is 0.146 e. The van der Waals surface area contributed by atoms with Gasteiger partial charge >= 0.3 is 0 Å². The number of benzene rings is 2. The molecule has 2 N–H and O–H groups in total. The molecule has 0 saturated carbocycles. The minimum absolute atomic E-state index is 0.115. The third kappa shape index (κ3) is 2.85. The second-order valence-electron chi connectivity index (χ2n) is 5.24. The third-order valence-electron chi connectivity index (χ3n) is 4.10. The zero-order valence-electron chi connectivity index (χ0n) is 12.3. The zero-order valence-corrected chi connectivity index (χ0v) is 14.3. The molecule has 106 valence electrons. The van der Waals surface area contributed by atoms with E-state index in [0.29, 0.717) is 17.0 Å². The number of hydrogen-bond acceptors (Lipinski definition) is 2. The molecule has 0 aliphatic carbocycles. The summed E-state index contributed by atoms with van der Waals surface area (Å²) in [6.45, 7) is 2.90. The fraction of sp³-hybridized carbons (Fsp3) is 0.294. The lowest BCUT2D eigenvalue weighted by Gasteiger charge is -2.38. The van der Waals surface area contributed by atoms with Gasteiger partial charge in [-0.1, -0.05) is 60.7 Å². The van der Waals surface area contributed by atoms with Gasteiger partial charge in [-0.05, 0) is 31.0 Å². The Labute approximate surface area is 124 Å². The van der Waals surface area contributed by atoms with E-state index in [1.54, 1.807) is 0 Å². The Hall–Kier alpha value is -1.42. The van der Waals surface area contributed by atoms with Crippen LogP contribution in [-0.4, -0.2) is 23.1 Å². The van der Waals surface area contributed by atoms with Crippen molar-refractivity contribution in [3.05, 3.63) is 71.8 Å².